The maximum Gasteiger partial charge on any atom is 0.314 e. The summed E-state index contributed by atoms with van der Waals surface area (Å²) in [6.07, 6.45) is 1.59. The predicted octanol–water partition coefficient (Wildman–Crippen LogP) is 2.83. The van der Waals surface area contributed by atoms with Gasteiger partial charge in [0.1, 0.15) is 0 Å². The Labute approximate surface area is 120 Å². The smallest absolute Gasteiger partial charge is 0.314 e. The second-order valence-electron chi connectivity index (χ2n) is 5.43. The van der Waals surface area contributed by atoms with Crippen LogP contribution in [0.1, 0.15) is 33.3 Å². The van der Waals surface area contributed by atoms with Gasteiger partial charge in [-0.15, -0.1) is 0 Å². The van der Waals surface area contributed by atoms with Gasteiger partial charge >= 0.3 is 5.69 Å². The third kappa shape index (κ3) is 4.16. The van der Waals surface area contributed by atoms with Crippen molar-refractivity contribution in [3.63, 3.8) is 0 Å². The molecule has 6 heteroatoms. The molecule has 1 N–H and O–H groups in total. The summed E-state index contributed by atoms with van der Waals surface area (Å²) in [5.41, 5.74) is 0.685. The molecule has 0 aliphatic rings. The van der Waals surface area contributed by atoms with Gasteiger partial charge in [-0.05, 0) is 40.7 Å². The summed E-state index contributed by atoms with van der Waals surface area (Å²) in [6, 6.07) is 2.53. The zero-order chi connectivity index (χ0) is 15.3. The fraction of sp³-hybridized carbons (Fsp3) is 0.643. The van der Waals surface area contributed by atoms with Crippen molar-refractivity contribution in [1.29, 1.82) is 0 Å². The fourth-order valence-corrected chi connectivity index (χ4v) is 2.33. The Morgan fingerprint density at radius 1 is 1.35 bits per heavy atom. The molecule has 0 spiro atoms. The van der Waals surface area contributed by atoms with Gasteiger partial charge in [-0.2, -0.15) is 0 Å². The van der Waals surface area contributed by atoms with E-state index in [-0.39, 0.29) is 10.6 Å². The minimum Gasteiger partial charge on any atom is -0.363 e. The summed E-state index contributed by atoms with van der Waals surface area (Å²) in [5, 5.41) is 14.2. The molecule has 0 atom stereocenters. The number of rotatable bonds is 7. The van der Waals surface area contributed by atoms with Crippen LogP contribution in [0.3, 0.4) is 0 Å². The Bertz CT molecular complexity index is 452. The highest BCUT2D eigenvalue weighted by Crippen LogP contribution is 2.25. The van der Waals surface area contributed by atoms with Crippen molar-refractivity contribution in [2.75, 3.05) is 18.4 Å². The lowest BCUT2D eigenvalue weighted by Crippen LogP contribution is -2.40. The average molecular weight is 280 g/mol. The van der Waals surface area contributed by atoms with Crippen LogP contribution in [-0.4, -0.2) is 40.0 Å². The van der Waals surface area contributed by atoms with Crippen molar-refractivity contribution in [2.45, 2.75) is 46.7 Å². The summed E-state index contributed by atoms with van der Waals surface area (Å²) in [4.78, 5) is 17.1. The molecule has 0 fully saturated rings. The van der Waals surface area contributed by atoms with E-state index < -0.39 is 0 Å². The molecule has 1 aromatic heterocycles. The molecule has 0 radical (unpaired) electrons. The van der Waals surface area contributed by atoms with Gasteiger partial charge < -0.3 is 5.32 Å². The van der Waals surface area contributed by atoms with Gasteiger partial charge in [0.05, 0.1) is 4.92 Å². The lowest BCUT2D eigenvalue weighted by Gasteiger charge is -2.30. The van der Waals surface area contributed by atoms with E-state index in [2.05, 4.69) is 42.9 Å². The Morgan fingerprint density at radius 2 is 1.95 bits per heavy atom. The molecular formula is C14H24N4O2. The van der Waals surface area contributed by atoms with Gasteiger partial charge in [-0.3, -0.25) is 15.0 Å². The number of nitro groups is 1. The largest absolute Gasteiger partial charge is 0.363 e. The number of hydrogen-bond donors (Lipinski definition) is 1. The predicted molar refractivity (Wildman–Crippen MR) is 81.1 cm³/mol. The minimum absolute atomic E-state index is 0.0631. The maximum atomic E-state index is 11.1. The second-order valence-corrected chi connectivity index (χ2v) is 5.43. The van der Waals surface area contributed by atoms with E-state index in [0.717, 1.165) is 6.54 Å². The van der Waals surface area contributed by atoms with E-state index in [1.54, 1.807) is 19.2 Å². The van der Waals surface area contributed by atoms with Crippen molar-refractivity contribution in [2.24, 2.45) is 0 Å². The fourth-order valence-electron chi connectivity index (χ4n) is 2.33. The molecule has 0 aliphatic heterocycles. The standard InChI is InChI=1S/C14H24N4O2/c1-10(2)17(11(3)4)9-8-16-14-13(18(19)20)12(5)6-7-15-14/h6-7,10-11H,8-9H2,1-5H3,(H,15,16). The van der Waals surface area contributed by atoms with Crippen LogP contribution in [0.15, 0.2) is 12.3 Å². The lowest BCUT2D eigenvalue weighted by molar-refractivity contribution is -0.384. The topological polar surface area (TPSA) is 71.3 Å². The quantitative estimate of drug-likeness (QED) is 0.614. The van der Waals surface area contributed by atoms with Crippen molar-refractivity contribution in [3.8, 4) is 0 Å². The number of nitrogens with zero attached hydrogens (tertiary/aromatic N) is 3. The molecular weight excluding hydrogens is 256 g/mol. The molecule has 0 bridgehead atoms. The lowest BCUT2D eigenvalue weighted by atomic mass is 10.2. The van der Waals surface area contributed by atoms with Gasteiger partial charge in [0.25, 0.3) is 0 Å². The van der Waals surface area contributed by atoms with E-state index >= 15 is 0 Å². The van der Waals surface area contributed by atoms with Gasteiger partial charge in [-0.1, -0.05) is 0 Å². The molecule has 112 valence electrons. The van der Waals surface area contributed by atoms with Gasteiger partial charge in [-0.25, -0.2) is 4.98 Å². The van der Waals surface area contributed by atoms with Crippen molar-refractivity contribution in [1.82, 2.24) is 9.88 Å². The first-order chi connectivity index (χ1) is 9.34. The molecule has 1 aromatic rings. The summed E-state index contributed by atoms with van der Waals surface area (Å²) in [7, 11) is 0. The molecule has 0 amide bonds. The number of hydrogen-bond acceptors (Lipinski definition) is 5. The molecule has 0 saturated heterocycles. The molecule has 0 saturated carbocycles. The first kappa shape index (κ1) is 16.4. The number of aryl methyl sites for hydroxylation is 1. The zero-order valence-corrected chi connectivity index (χ0v) is 12.9. The molecule has 0 aliphatic carbocycles. The Kier molecular flexibility index (Phi) is 5.88. The van der Waals surface area contributed by atoms with Gasteiger partial charge in [0.15, 0.2) is 0 Å². The molecule has 0 aromatic carbocycles. The van der Waals surface area contributed by atoms with Crippen LogP contribution >= 0.6 is 0 Å². The van der Waals surface area contributed by atoms with Crippen LogP contribution in [0.25, 0.3) is 0 Å². The van der Waals surface area contributed by atoms with Crippen molar-refractivity contribution in [3.05, 3.63) is 27.9 Å². The third-order valence-corrected chi connectivity index (χ3v) is 3.30. The Balaban J connectivity index is 2.71. The summed E-state index contributed by atoms with van der Waals surface area (Å²) < 4.78 is 0. The van der Waals surface area contributed by atoms with Crippen LogP contribution in [0, 0.1) is 17.0 Å². The first-order valence-electron chi connectivity index (χ1n) is 6.94. The van der Waals surface area contributed by atoms with Gasteiger partial charge in [0, 0.05) is 36.9 Å². The summed E-state index contributed by atoms with van der Waals surface area (Å²) in [6.45, 7) is 11.8. The molecule has 20 heavy (non-hydrogen) atoms. The third-order valence-electron chi connectivity index (χ3n) is 3.30. The van der Waals surface area contributed by atoms with E-state index in [1.807, 2.05) is 0 Å². The normalized spacial score (nSPS) is 11.4. The van der Waals surface area contributed by atoms with E-state index in [1.165, 1.54) is 0 Å². The van der Waals surface area contributed by atoms with E-state index in [0.29, 0.717) is 30.0 Å². The molecule has 1 rings (SSSR count). The molecule has 0 unspecified atom stereocenters. The van der Waals surface area contributed by atoms with Crippen LogP contribution in [0.2, 0.25) is 0 Å². The average Bonchev–Trinajstić information content (AvgIpc) is 2.33. The Morgan fingerprint density at radius 3 is 2.45 bits per heavy atom. The molecule has 1 heterocycles. The van der Waals surface area contributed by atoms with Crippen LogP contribution < -0.4 is 5.32 Å². The Hall–Kier alpha value is -1.69. The number of anilines is 1. The van der Waals surface area contributed by atoms with E-state index in [4.69, 9.17) is 0 Å². The van der Waals surface area contributed by atoms with Crippen LogP contribution in [-0.2, 0) is 0 Å². The van der Waals surface area contributed by atoms with Crippen molar-refractivity contribution >= 4 is 11.5 Å². The highest BCUT2D eigenvalue weighted by atomic mass is 16.6. The summed E-state index contributed by atoms with van der Waals surface area (Å²) in [5.74, 6) is 0.350. The highest BCUT2D eigenvalue weighted by molar-refractivity contribution is 5.59. The first-order valence-corrected chi connectivity index (χ1v) is 6.94. The second kappa shape index (κ2) is 7.19. The maximum absolute atomic E-state index is 11.1. The zero-order valence-electron chi connectivity index (χ0n) is 12.9. The van der Waals surface area contributed by atoms with Crippen LogP contribution in [0.4, 0.5) is 11.5 Å². The minimum atomic E-state index is -0.382. The number of aromatic nitrogens is 1. The monoisotopic (exact) mass is 280 g/mol. The molecule has 6 nitrogen and oxygen atoms in total. The van der Waals surface area contributed by atoms with Crippen molar-refractivity contribution < 1.29 is 4.92 Å². The SMILES string of the molecule is Cc1ccnc(NCCN(C(C)C)C(C)C)c1[N+](=O)[O-]. The number of pyridine rings is 1. The van der Waals surface area contributed by atoms with Crippen LogP contribution in [0.5, 0.6) is 0 Å². The number of nitrogens with one attached hydrogen (secondary N) is 1. The van der Waals surface area contributed by atoms with Gasteiger partial charge in [0.2, 0.25) is 5.82 Å². The summed E-state index contributed by atoms with van der Waals surface area (Å²) >= 11 is 0. The highest BCUT2D eigenvalue weighted by Gasteiger charge is 2.19. The van der Waals surface area contributed by atoms with E-state index in [9.17, 15) is 10.1 Å².